The molecule has 2 saturated heterocycles. The monoisotopic (exact) mass is 282 g/mol. The third kappa shape index (κ3) is 3.46. The standard InChI is InChI=1S/C16H30N2O2/c1-5-16(18-11-6-7-12-18)9-8-10-17(13-16)14(19)20-15(2,3)4/h5-13H2,1-4H3. The summed E-state index contributed by atoms with van der Waals surface area (Å²) in [4.78, 5) is 16.9. The van der Waals surface area contributed by atoms with Crippen LogP contribution < -0.4 is 0 Å². The van der Waals surface area contributed by atoms with Gasteiger partial charge in [-0.05, 0) is 66.0 Å². The minimum atomic E-state index is -0.406. The number of amides is 1. The quantitative estimate of drug-likeness (QED) is 0.779. The van der Waals surface area contributed by atoms with E-state index < -0.39 is 5.60 Å². The predicted molar refractivity (Wildman–Crippen MR) is 80.9 cm³/mol. The molecule has 1 unspecified atom stereocenters. The zero-order valence-corrected chi connectivity index (χ0v) is 13.6. The van der Waals surface area contributed by atoms with Gasteiger partial charge in [0.15, 0.2) is 0 Å². The Morgan fingerprint density at radius 2 is 1.80 bits per heavy atom. The Kier molecular flexibility index (Phi) is 4.62. The summed E-state index contributed by atoms with van der Waals surface area (Å²) in [6, 6.07) is 0. The van der Waals surface area contributed by atoms with E-state index in [0.29, 0.717) is 0 Å². The molecule has 0 aliphatic carbocycles. The highest BCUT2D eigenvalue weighted by molar-refractivity contribution is 5.68. The van der Waals surface area contributed by atoms with Gasteiger partial charge in [-0.3, -0.25) is 4.90 Å². The molecule has 2 rings (SSSR count). The minimum absolute atomic E-state index is 0.144. The molecule has 0 aromatic rings. The highest BCUT2D eigenvalue weighted by atomic mass is 16.6. The summed E-state index contributed by atoms with van der Waals surface area (Å²) in [5, 5.41) is 0. The van der Waals surface area contributed by atoms with Gasteiger partial charge in [0.25, 0.3) is 0 Å². The molecule has 2 heterocycles. The largest absolute Gasteiger partial charge is 0.444 e. The van der Waals surface area contributed by atoms with Crippen LogP contribution in [0.25, 0.3) is 0 Å². The van der Waals surface area contributed by atoms with E-state index in [4.69, 9.17) is 4.74 Å². The smallest absolute Gasteiger partial charge is 0.410 e. The summed E-state index contributed by atoms with van der Waals surface area (Å²) in [5.74, 6) is 0. The van der Waals surface area contributed by atoms with E-state index in [1.807, 2.05) is 25.7 Å². The van der Waals surface area contributed by atoms with Crippen LogP contribution in [-0.4, -0.2) is 53.2 Å². The van der Waals surface area contributed by atoms with Crippen LogP contribution in [-0.2, 0) is 4.74 Å². The second-order valence-corrected chi connectivity index (χ2v) is 7.28. The number of rotatable bonds is 2. The van der Waals surface area contributed by atoms with E-state index in [2.05, 4.69) is 11.8 Å². The van der Waals surface area contributed by atoms with Gasteiger partial charge in [-0.1, -0.05) is 6.92 Å². The first kappa shape index (κ1) is 15.6. The van der Waals surface area contributed by atoms with Crippen LogP contribution in [0, 0.1) is 0 Å². The minimum Gasteiger partial charge on any atom is -0.444 e. The number of carbonyl (C=O) groups is 1. The average molecular weight is 282 g/mol. The first-order valence-electron chi connectivity index (χ1n) is 8.09. The van der Waals surface area contributed by atoms with Crippen molar-refractivity contribution in [1.29, 1.82) is 0 Å². The topological polar surface area (TPSA) is 32.8 Å². The van der Waals surface area contributed by atoms with Crippen LogP contribution >= 0.6 is 0 Å². The second-order valence-electron chi connectivity index (χ2n) is 7.28. The number of nitrogens with zero attached hydrogens (tertiary/aromatic N) is 2. The number of piperidine rings is 1. The first-order valence-corrected chi connectivity index (χ1v) is 8.09. The molecule has 1 atom stereocenters. The van der Waals surface area contributed by atoms with E-state index in [-0.39, 0.29) is 11.6 Å². The van der Waals surface area contributed by atoms with Crippen molar-refractivity contribution >= 4 is 6.09 Å². The van der Waals surface area contributed by atoms with Crippen LogP contribution in [0.2, 0.25) is 0 Å². The molecule has 2 aliphatic heterocycles. The molecule has 0 saturated carbocycles. The van der Waals surface area contributed by atoms with E-state index in [1.54, 1.807) is 0 Å². The zero-order chi connectivity index (χ0) is 14.8. The first-order chi connectivity index (χ1) is 9.36. The van der Waals surface area contributed by atoms with Gasteiger partial charge >= 0.3 is 6.09 Å². The Morgan fingerprint density at radius 3 is 2.35 bits per heavy atom. The molecule has 0 bridgehead atoms. The molecule has 0 spiro atoms. The van der Waals surface area contributed by atoms with E-state index in [9.17, 15) is 4.79 Å². The van der Waals surface area contributed by atoms with Gasteiger partial charge in [-0.25, -0.2) is 4.79 Å². The molecule has 1 amide bonds. The molecule has 0 aromatic heterocycles. The molecule has 20 heavy (non-hydrogen) atoms. The lowest BCUT2D eigenvalue weighted by atomic mass is 9.85. The third-order valence-corrected chi connectivity index (χ3v) is 4.64. The Morgan fingerprint density at radius 1 is 1.15 bits per heavy atom. The number of carbonyl (C=O) groups excluding carboxylic acids is 1. The number of ether oxygens (including phenoxy) is 1. The summed E-state index contributed by atoms with van der Waals surface area (Å²) in [7, 11) is 0. The van der Waals surface area contributed by atoms with Crippen molar-refractivity contribution in [3.8, 4) is 0 Å². The lowest BCUT2D eigenvalue weighted by Crippen LogP contribution is -2.59. The average Bonchev–Trinajstić information content (AvgIpc) is 2.91. The molecular formula is C16H30N2O2. The maximum atomic E-state index is 12.3. The highest BCUT2D eigenvalue weighted by Crippen LogP contribution is 2.34. The summed E-state index contributed by atoms with van der Waals surface area (Å²) in [5.41, 5.74) is -0.220. The van der Waals surface area contributed by atoms with E-state index in [0.717, 1.165) is 25.9 Å². The van der Waals surface area contributed by atoms with Crippen LogP contribution in [0.3, 0.4) is 0 Å². The van der Waals surface area contributed by atoms with Crippen molar-refractivity contribution in [2.45, 2.75) is 70.9 Å². The molecule has 4 nitrogen and oxygen atoms in total. The lowest BCUT2D eigenvalue weighted by Gasteiger charge is -2.48. The summed E-state index contributed by atoms with van der Waals surface area (Å²) in [6.45, 7) is 12.1. The van der Waals surface area contributed by atoms with E-state index in [1.165, 1.54) is 32.4 Å². The Balaban J connectivity index is 2.04. The van der Waals surface area contributed by atoms with Gasteiger partial charge in [-0.15, -0.1) is 0 Å². The Hall–Kier alpha value is -0.770. The molecule has 2 aliphatic rings. The molecule has 4 heteroatoms. The number of hydrogen-bond donors (Lipinski definition) is 0. The lowest BCUT2D eigenvalue weighted by molar-refractivity contribution is -0.0118. The van der Waals surface area contributed by atoms with Gasteiger partial charge in [0.2, 0.25) is 0 Å². The highest BCUT2D eigenvalue weighted by Gasteiger charge is 2.42. The van der Waals surface area contributed by atoms with Gasteiger partial charge in [-0.2, -0.15) is 0 Å². The van der Waals surface area contributed by atoms with Gasteiger partial charge in [0, 0.05) is 18.6 Å². The summed E-state index contributed by atoms with van der Waals surface area (Å²) < 4.78 is 5.55. The molecule has 2 fully saturated rings. The van der Waals surface area contributed by atoms with Crippen LogP contribution in [0.15, 0.2) is 0 Å². The van der Waals surface area contributed by atoms with Crippen molar-refractivity contribution in [3.05, 3.63) is 0 Å². The van der Waals surface area contributed by atoms with Crippen molar-refractivity contribution in [2.75, 3.05) is 26.2 Å². The van der Waals surface area contributed by atoms with Crippen LogP contribution in [0.4, 0.5) is 4.79 Å². The van der Waals surface area contributed by atoms with Crippen molar-refractivity contribution in [1.82, 2.24) is 9.80 Å². The zero-order valence-electron chi connectivity index (χ0n) is 13.6. The van der Waals surface area contributed by atoms with Crippen molar-refractivity contribution in [2.24, 2.45) is 0 Å². The van der Waals surface area contributed by atoms with Crippen LogP contribution in [0.5, 0.6) is 0 Å². The normalized spacial score (nSPS) is 28.7. The molecule has 116 valence electrons. The molecule has 0 aromatic carbocycles. The Bertz CT molecular complexity index is 345. The van der Waals surface area contributed by atoms with Gasteiger partial charge in [0.05, 0.1) is 0 Å². The summed E-state index contributed by atoms with van der Waals surface area (Å²) in [6.07, 6.45) is 5.87. The summed E-state index contributed by atoms with van der Waals surface area (Å²) >= 11 is 0. The maximum absolute atomic E-state index is 12.3. The van der Waals surface area contributed by atoms with Crippen molar-refractivity contribution in [3.63, 3.8) is 0 Å². The number of hydrogen-bond acceptors (Lipinski definition) is 3. The fourth-order valence-electron chi connectivity index (χ4n) is 3.56. The molecular weight excluding hydrogens is 252 g/mol. The SMILES string of the molecule is CCC1(N2CCCC2)CCCN(C(=O)OC(C)(C)C)C1. The van der Waals surface area contributed by atoms with E-state index >= 15 is 0 Å². The molecule has 0 radical (unpaired) electrons. The van der Waals surface area contributed by atoms with Gasteiger partial charge < -0.3 is 9.64 Å². The second kappa shape index (κ2) is 5.92. The predicted octanol–water partition coefficient (Wildman–Crippen LogP) is 3.26. The maximum Gasteiger partial charge on any atom is 0.410 e. The van der Waals surface area contributed by atoms with Gasteiger partial charge in [0.1, 0.15) is 5.60 Å². The third-order valence-electron chi connectivity index (χ3n) is 4.64. The fraction of sp³-hybridized carbons (Fsp3) is 0.938. The van der Waals surface area contributed by atoms with Crippen molar-refractivity contribution < 1.29 is 9.53 Å². The fourth-order valence-corrected chi connectivity index (χ4v) is 3.56. The number of likely N-dealkylation sites (tertiary alicyclic amines) is 2. The Labute approximate surface area is 123 Å². The molecule has 0 N–H and O–H groups in total. The van der Waals surface area contributed by atoms with Crippen LogP contribution in [0.1, 0.15) is 59.8 Å².